The van der Waals surface area contributed by atoms with Gasteiger partial charge >= 0.3 is 0 Å². The summed E-state index contributed by atoms with van der Waals surface area (Å²) in [7, 11) is 1.83. The molecule has 0 radical (unpaired) electrons. The summed E-state index contributed by atoms with van der Waals surface area (Å²) in [5.41, 5.74) is 5.43. The van der Waals surface area contributed by atoms with E-state index < -0.39 is 0 Å². The second-order valence-electron chi connectivity index (χ2n) is 1.60. The molecule has 0 aliphatic carbocycles. The summed E-state index contributed by atoms with van der Waals surface area (Å²) in [6, 6.07) is 0. The second kappa shape index (κ2) is 4.97. The third-order valence-electron chi connectivity index (χ3n) is 0.925. The first kappa shape index (κ1) is 7.82. The van der Waals surface area contributed by atoms with E-state index in [-0.39, 0.29) is 0 Å². The zero-order valence-corrected chi connectivity index (χ0v) is 6.04. The van der Waals surface area contributed by atoms with Crippen molar-refractivity contribution in [1.82, 2.24) is 0 Å². The Morgan fingerprint density at radius 3 is 2.75 bits per heavy atom. The smallest absolute Gasteiger partial charge is 0.240 e. The fraction of sp³-hybridized carbons (Fsp3) is 0.800. The van der Waals surface area contributed by atoms with Crippen molar-refractivity contribution < 1.29 is 4.99 Å². The van der Waals surface area contributed by atoms with Gasteiger partial charge in [0.2, 0.25) is 5.84 Å². The predicted octanol–water partition coefficient (Wildman–Crippen LogP) is -1.24. The van der Waals surface area contributed by atoms with E-state index in [0.29, 0.717) is 0 Å². The van der Waals surface area contributed by atoms with Gasteiger partial charge in [0.05, 0.1) is 7.05 Å². The maximum Gasteiger partial charge on any atom is 0.240 e. The summed E-state index contributed by atoms with van der Waals surface area (Å²) < 4.78 is 0. The van der Waals surface area contributed by atoms with Crippen LogP contribution in [0.25, 0.3) is 0 Å². The van der Waals surface area contributed by atoms with Crippen molar-refractivity contribution in [3.8, 4) is 0 Å². The Bertz CT molecular complexity index is 80.5. The van der Waals surface area contributed by atoms with Gasteiger partial charge < -0.3 is 0 Å². The van der Waals surface area contributed by atoms with Crippen molar-refractivity contribution in [2.45, 2.75) is 12.8 Å². The van der Waals surface area contributed by atoms with Gasteiger partial charge in [-0.25, -0.2) is 0 Å². The average molecular weight is 133 g/mol. The molecule has 0 fully saturated rings. The van der Waals surface area contributed by atoms with E-state index in [2.05, 4.69) is 17.6 Å². The molecule has 0 bridgehead atoms. The third kappa shape index (κ3) is 3.99. The Morgan fingerprint density at radius 1 is 1.75 bits per heavy atom. The van der Waals surface area contributed by atoms with Crippen LogP contribution in [-0.2, 0) is 0 Å². The predicted molar refractivity (Wildman–Crippen MR) is 39.2 cm³/mol. The van der Waals surface area contributed by atoms with Gasteiger partial charge in [0.15, 0.2) is 0 Å². The average Bonchev–Trinajstić information content (AvgIpc) is 1.83. The molecule has 0 atom stereocenters. The molecule has 0 heterocycles. The van der Waals surface area contributed by atoms with Crippen molar-refractivity contribution in [2.24, 2.45) is 5.73 Å². The minimum Gasteiger partial charge on any atom is -0.291 e. The first-order valence-electron chi connectivity index (χ1n) is 2.71. The Hall–Kier alpha value is -0.180. The van der Waals surface area contributed by atoms with Gasteiger partial charge in [-0.15, -0.1) is 0 Å². The molecular weight excluding hydrogens is 120 g/mol. The van der Waals surface area contributed by atoms with Crippen LogP contribution in [0, 0.1) is 0 Å². The molecule has 3 N–H and O–H groups in total. The number of amidine groups is 1. The maximum atomic E-state index is 5.43. The normalized spacial score (nSPS) is 12.0. The van der Waals surface area contributed by atoms with Crippen LogP contribution in [0.4, 0.5) is 0 Å². The Balaban J connectivity index is 3.12. The van der Waals surface area contributed by atoms with Gasteiger partial charge in [0.25, 0.3) is 0 Å². The molecular formula is C5H13N2S+. The first-order chi connectivity index (χ1) is 3.81. The standard InChI is InChI=1S/C5H12N2S/c1-7-5(6)3-2-4-8/h8H,2-4H2,1H3,(H2,6,7)/p+1. The largest absolute Gasteiger partial charge is 0.291 e. The lowest BCUT2D eigenvalue weighted by molar-refractivity contribution is -0.422. The highest BCUT2D eigenvalue weighted by Gasteiger charge is 1.92. The number of rotatable bonds is 3. The zero-order chi connectivity index (χ0) is 6.41. The SMILES string of the molecule is C[NH+]=C(N)CCCS. The molecule has 0 spiro atoms. The summed E-state index contributed by atoms with van der Waals surface area (Å²) in [6.45, 7) is 0. The molecule has 0 aromatic carbocycles. The van der Waals surface area contributed by atoms with Crippen LogP contribution in [0.15, 0.2) is 0 Å². The molecule has 0 rings (SSSR count). The fourth-order valence-electron chi connectivity index (χ4n) is 0.395. The van der Waals surface area contributed by atoms with Gasteiger partial charge in [-0.3, -0.25) is 10.7 Å². The highest BCUT2D eigenvalue weighted by Crippen LogP contribution is 1.86. The second-order valence-corrected chi connectivity index (χ2v) is 2.05. The van der Waals surface area contributed by atoms with Crippen LogP contribution in [-0.4, -0.2) is 18.6 Å². The molecule has 0 saturated heterocycles. The van der Waals surface area contributed by atoms with Gasteiger partial charge in [0, 0.05) is 6.42 Å². The van der Waals surface area contributed by atoms with Gasteiger partial charge in [0.1, 0.15) is 0 Å². The van der Waals surface area contributed by atoms with E-state index >= 15 is 0 Å². The van der Waals surface area contributed by atoms with Gasteiger partial charge in [-0.05, 0) is 12.2 Å². The summed E-state index contributed by atoms with van der Waals surface area (Å²) in [5, 5.41) is 0. The first-order valence-corrected chi connectivity index (χ1v) is 3.34. The Kier molecular flexibility index (Phi) is 4.85. The highest BCUT2D eigenvalue weighted by atomic mass is 32.1. The molecule has 8 heavy (non-hydrogen) atoms. The van der Waals surface area contributed by atoms with E-state index in [1.165, 1.54) is 0 Å². The lowest BCUT2D eigenvalue weighted by atomic mass is 10.3. The number of nitrogens with two attached hydrogens (primary N) is 1. The van der Waals surface area contributed by atoms with Crippen LogP contribution < -0.4 is 10.7 Å². The molecule has 3 heteroatoms. The zero-order valence-electron chi connectivity index (χ0n) is 5.15. The van der Waals surface area contributed by atoms with Crippen molar-refractivity contribution in [3.05, 3.63) is 0 Å². The number of hydrogen-bond acceptors (Lipinski definition) is 1. The Morgan fingerprint density at radius 2 is 2.38 bits per heavy atom. The van der Waals surface area contributed by atoms with Crippen LogP contribution in [0.3, 0.4) is 0 Å². The van der Waals surface area contributed by atoms with Crippen LogP contribution in [0.1, 0.15) is 12.8 Å². The van der Waals surface area contributed by atoms with E-state index in [1.807, 2.05) is 7.05 Å². The molecule has 0 aliphatic rings. The fourth-order valence-corrected chi connectivity index (χ4v) is 0.553. The molecule has 48 valence electrons. The van der Waals surface area contributed by atoms with Gasteiger partial charge in [-0.1, -0.05) is 0 Å². The molecule has 0 aliphatic heterocycles. The lowest BCUT2D eigenvalue weighted by Crippen LogP contribution is -2.70. The van der Waals surface area contributed by atoms with E-state index in [0.717, 1.165) is 24.4 Å². The topological polar surface area (TPSA) is 40.0 Å². The van der Waals surface area contributed by atoms with Crippen molar-refractivity contribution in [2.75, 3.05) is 12.8 Å². The van der Waals surface area contributed by atoms with Crippen LogP contribution in [0.2, 0.25) is 0 Å². The molecule has 0 unspecified atom stereocenters. The van der Waals surface area contributed by atoms with Crippen LogP contribution >= 0.6 is 12.6 Å². The highest BCUT2D eigenvalue weighted by molar-refractivity contribution is 7.80. The van der Waals surface area contributed by atoms with Crippen molar-refractivity contribution in [1.29, 1.82) is 0 Å². The summed E-state index contributed by atoms with van der Waals surface area (Å²) in [6.07, 6.45) is 1.98. The number of thiol groups is 1. The maximum absolute atomic E-state index is 5.43. The summed E-state index contributed by atoms with van der Waals surface area (Å²) >= 11 is 4.04. The van der Waals surface area contributed by atoms with Gasteiger partial charge in [-0.2, -0.15) is 12.6 Å². The quantitative estimate of drug-likeness (QED) is 0.252. The minimum absolute atomic E-state index is 0.846. The Labute approximate surface area is 55.6 Å². The minimum atomic E-state index is 0.846. The third-order valence-corrected chi connectivity index (χ3v) is 1.24. The monoisotopic (exact) mass is 133 g/mol. The number of hydrogen-bond donors (Lipinski definition) is 3. The van der Waals surface area contributed by atoms with Crippen molar-refractivity contribution >= 4 is 18.5 Å². The van der Waals surface area contributed by atoms with E-state index in [9.17, 15) is 0 Å². The molecule has 0 saturated carbocycles. The molecule has 0 aromatic heterocycles. The lowest BCUT2D eigenvalue weighted by Gasteiger charge is -1.87. The molecule has 0 aromatic rings. The molecule has 2 nitrogen and oxygen atoms in total. The van der Waals surface area contributed by atoms with Crippen LogP contribution in [0.5, 0.6) is 0 Å². The summed E-state index contributed by atoms with van der Waals surface area (Å²) in [4.78, 5) is 2.86. The summed E-state index contributed by atoms with van der Waals surface area (Å²) in [5.74, 6) is 1.75. The number of nitrogens with one attached hydrogen (secondary N) is 1. The van der Waals surface area contributed by atoms with E-state index in [4.69, 9.17) is 5.73 Å². The van der Waals surface area contributed by atoms with Crippen molar-refractivity contribution in [3.63, 3.8) is 0 Å². The van der Waals surface area contributed by atoms with E-state index in [1.54, 1.807) is 0 Å². The molecule has 0 amide bonds.